The molecule has 1 aromatic rings. The van der Waals surface area contributed by atoms with Crippen LogP contribution in [-0.4, -0.2) is 56.0 Å². The van der Waals surface area contributed by atoms with Crippen LogP contribution in [-0.2, 0) is 4.79 Å². The lowest BCUT2D eigenvalue weighted by molar-refractivity contribution is -0.138. The van der Waals surface area contributed by atoms with E-state index >= 15 is 0 Å². The Morgan fingerprint density at radius 3 is 2.58 bits per heavy atom. The van der Waals surface area contributed by atoms with Crippen molar-refractivity contribution >= 4 is 17.5 Å². The van der Waals surface area contributed by atoms with Gasteiger partial charge in [0.05, 0.1) is 0 Å². The number of amides is 1. The Labute approximate surface area is 147 Å². The van der Waals surface area contributed by atoms with Gasteiger partial charge in [-0.2, -0.15) is 0 Å². The van der Waals surface area contributed by atoms with Gasteiger partial charge in [0.1, 0.15) is 11.9 Å². The summed E-state index contributed by atoms with van der Waals surface area (Å²) in [7, 11) is 3.58. The molecule has 1 aromatic carbocycles. The molecule has 0 aliphatic carbocycles. The van der Waals surface area contributed by atoms with Gasteiger partial charge in [0.2, 0.25) is 5.91 Å². The second kappa shape index (κ2) is 6.98. The topological polar surface area (TPSA) is 35.6 Å². The summed E-state index contributed by atoms with van der Waals surface area (Å²) in [4.78, 5) is 16.7. The number of nitrogens with one attached hydrogen (secondary N) is 1. The summed E-state index contributed by atoms with van der Waals surface area (Å²) < 4.78 is 14.3. The lowest BCUT2D eigenvalue weighted by Crippen LogP contribution is -2.48. The van der Waals surface area contributed by atoms with Gasteiger partial charge in [-0.3, -0.25) is 9.69 Å². The normalized spacial score (nSPS) is 21.5. The molecular formula is C18H25ClFN3O. The largest absolute Gasteiger partial charge is 0.341 e. The number of carbonyl (C=O) groups is 1. The van der Waals surface area contributed by atoms with E-state index in [1.807, 2.05) is 4.90 Å². The van der Waals surface area contributed by atoms with Crippen LogP contribution in [0.25, 0.3) is 0 Å². The lowest BCUT2D eigenvalue weighted by Gasteiger charge is -2.41. The predicted molar refractivity (Wildman–Crippen MR) is 93.6 cm³/mol. The second-order valence-corrected chi connectivity index (χ2v) is 7.66. The van der Waals surface area contributed by atoms with E-state index in [-0.39, 0.29) is 11.5 Å². The minimum Gasteiger partial charge on any atom is -0.341 e. The molecule has 2 fully saturated rings. The molecule has 24 heavy (non-hydrogen) atoms. The Balaban J connectivity index is 1.79. The van der Waals surface area contributed by atoms with E-state index in [1.54, 1.807) is 31.1 Å². The van der Waals surface area contributed by atoms with E-state index in [0.717, 1.165) is 39.0 Å². The third-order valence-electron chi connectivity index (χ3n) is 5.49. The molecule has 4 nitrogen and oxygen atoms in total. The summed E-state index contributed by atoms with van der Waals surface area (Å²) in [5.74, 6) is -0.490. The van der Waals surface area contributed by atoms with Crippen LogP contribution in [0.3, 0.4) is 0 Å². The van der Waals surface area contributed by atoms with Crippen LogP contribution in [0.4, 0.5) is 4.39 Å². The van der Waals surface area contributed by atoms with Crippen LogP contribution < -0.4 is 5.32 Å². The number of piperidine rings is 1. The van der Waals surface area contributed by atoms with Gasteiger partial charge >= 0.3 is 0 Å². The van der Waals surface area contributed by atoms with Crippen molar-refractivity contribution in [1.29, 1.82) is 0 Å². The number of hydrogen-bond donors (Lipinski definition) is 1. The molecule has 0 bridgehead atoms. The Morgan fingerprint density at radius 2 is 2.04 bits per heavy atom. The SMILES string of the molecule is CN(C)C(C(=O)N1CCC2(CCNC2)CC1)c1c(F)cccc1Cl. The minimum absolute atomic E-state index is 0.0622. The van der Waals surface area contributed by atoms with E-state index in [2.05, 4.69) is 5.32 Å². The molecule has 1 N–H and O–H groups in total. The number of hydrogen-bond acceptors (Lipinski definition) is 3. The zero-order chi connectivity index (χ0) is 17.3. The molecule has 6 heteroatoms. The molecule has 3 rings (SSSR count). The summed E-state index contributed by atoms with van der Waals surface area (Å²) in [5.41, 5.74) is 0.622. The molecule has 132 valence electrons. The maximum absolute atomic E-state index is 14.3. The summed E-state index contributed by atoms with van der Waals surface area (Å²) in [6, 6.07) is 3.88. The van der Waals surface area contributed by atoms with Gasteiger partial charge in [0.25, 0.3) is 0 Å². The number of carbonyl (C=O) groups excluding carboxylic acids is 1. The Hall–Kier alpha value is -1.17. The van der Waals surface area contributed by atoms with Gasteiger partial charge in [0, 0.05) is 30.2 Å². The van der Waals surface area contributed by atoms with Crippen LogP contribution in [0, 0.1) is 11.2 Å². The molecule has 2 aliphatic rings. The molecule has 0 radical (unpaired) electrons. The predicted octanol–water partition coefficient (Wildman–Crippen LogP) is 2.68. The van der Waals surface area contributed by atoms with Crippen molar-refractivity contribution in [3.05, 3.63) is 34.6 Å². The molecule has 1 atom stereocenters. The van der Waals surface area contributed by atoms with Crippen molar-refractivity contribution < 1.29 is 9.18 Å². The van der Waals surface area contributed by atoms with Crippen molar-refractivity contribution in [2.75, 3.05) is 40.3 Å². The number of likely N-dealkylation sites (tertiary alicyclic amines) is 1. The van der Waals surface area contributed by atoms with Crippen LogP contribution in [0.1, 0.15) is 30.9 Å². The van der Waals surface area contributed by atoms with E-state index in [9.17, 15) is 9.18 Å². The summed E-state index contributed by atoms with van der Waals surface area (Å²) in [6.07, 6.45) is 3.21. The molecule has 1 amide bonds. The fourth-order valence-electron chi connectivity index (χ4n) is 3.97. The van der Waals surface area contributed by atoms with Crippen LogP contribution in [0.2, 0.25) is 5.02 Å². The van der Waals surface area contributed by atoms with E-state index in [1.165, 1.54) is 12.5 Å². The first kappa shape index (κ1) is 17.6. The van der Waals surface area contributed by atoms with Crippen molar-refractivity contribution in [2.45, 2.75) is 25.3 Å². The van der Waals surface area contributed by atoms with Gasteiger partial charge < -0.3 is 10.2 Å². The summed E-state index contributed by atoms with van der Waals surface area (Å²) in [6.45, 7) is 3.58. The molecule has 0 saturated carbocycles. The molecule has 0 aromatic heterocycles. The van der Waals surface area contributed by atoms with Crippen molar-refractivity contribution in [3.63, 3.8) is 0 Å². The fraction of sp³-hybridized carbons (Fsp3) is 0.611. The highest BCUT2D eigenvalue weighted by molar-refractivity contribution is 6.31. The van der Waals surface area contributed by atoms with Gasteiger partial charge in [-0.25, -0.2) is 4.39 Å². The highest BCUT2D eigenvalue weighted by Crippen LogP contribution is 2.38. The standard InChI is InChI=1S/C18H25ClFN3O/c1-22(2)16(15-13(19)4-3-5-14(15)20)17(24)23-10-7-18(8-11-23)6-9-21-12-18/h3-5,16,21H,6-12H2,1-2H3. The first-order valence-corrected chi connectivity index (χ1v) is 8.91. The molecule has 2 heterocycles. The number of likely N-dealkylation sites (N-methyl/N-ethyl adjacent to an activating group) is 1. The third-order valence-corrected chi connectivity index (χ3v) is 5.82. The summed E-state index contributed by atoms with van der Waals surface area (Å²) in [5, 5.41) is 3.73. The van der Waals surface area contributed by atoms with Gasteiger partial charge in [0.15, 0.2) is 0 Å². The molecule has 2 saturated heterocycles. The minimum atomic E-state index is -0.686. The molecular weight excluding hydrogens is 329 g/mol. The zero-order valence-electron chi connectivity index (χ0n) is 14.3. The fourth-order valence-corrected chi connectivity index (χ4v) is 4.24. The third kappa shape index (κ3) is 3.30. The Kier molecular flexibility index (Phi) is 5.13. The maximum Gasteiger partial charge on any atom is 0.244 e. The van der Waals surface area contributed by atoms with Crippen molar-refractivity contribution in [3.8, 4) is 0 Å². The monoisotopic (exact) mass is 353 g/mol. The quantitative estimate of drug-likeness (QED) is 0.907. The molecule has 1 spiro atoms. The van der Waals surface area contributed by atoms with Gasteiger partial charge in [-0.05, 0) is 57.5 Å². The van der Waals surface area contributed by atoms with E-state index in [0.29, 0.717) is 10.4 Å². The highest BCUT2D eigenvalue weighted by Gasteiger charge is 2.40. The van der Waals surface area contributed by atoms with Gasteiger partial charge in [-0.15, -0.1) is 0 Å². The maximum atomic E-state index is 14.3. The molecule has 2 aliphatic heterocycles. The average Bonchev–Trinajstić information content (AvgIpc) is 2.99. The second-order valence-electron chi connectivity index (χ2n) is 7.25. The van der Waals surface area contributed by atoms with E-state index in [4.69, 9.17) is 11.6 Å². The number of halogens is 2. The lowest BCUT2D eigenvalue weighted by atomic mass is 9.77. The molecule has 1 unspecified atom stereocenters. The summed E-state index contributed by atoms with van der Waals surface area (Å²) >= 11 is 6.20. The van der Waals surface area contributed by atoms with Gasteiger partial charge in [-0.1, -0.05) is 17.7 Å². The number of rotatable bonds is 3. The number of nitrogens with zero attached hydrogens (tertiary/aromatic N) is 2. The van der Waals surface area contributed by atoms with Crippen molar-refractivity contribution in [2.24, 2.45) is 5.41 Å². The number of benzene rings is 1. The zero-order valence-corrected chi connectivity index (χ0v) is 15.1. The van der Waals surface area contributed by atoms with Crippen LogP contribution >= 0.6 is 11.6 Å². The van der Waals surface area contributed by atoms with Crippen LogP contribution in [0.15, 0.2) is 18.2 Å². The Bertz CT molecular complexity index is 586. The van der Waals surface area contributed by atoms with E-state index < -0.39 is 11.9 Å². The first-order chi connectivity index (χ1) is 11.4. The van der Waals surface area contributed by atoms with Crippen LogP contribution in [0.5, 0.6) is 0 Å². The Morgan fingerprint density at radius 1 is 1.33 bits per heavy atom. The van der Waals surface area contributed by atoms with Crippen molar-refractivity contribution in [1.82, 2.24) is 15.1 Å². The smallest absolute Gasteiger partial charge is 0.244 e. The average molecular weight is 354 g/mol. The first-order valence-electron chi connectivity index (χ1n) is 8.53. The highest BCUT2D eigenvalue weighted by atomic mass is 35.5.